The maximum Gasteiger partial charge on any atom is 0.229 e. The Morgan fingerprint density at radius 3 is 2.73 bits per heavy atom. The molecule has 1 aromatic rings. The fraction of sp³-hybridized carbons (Fsp3) is 0.333. The molecule has 0 aromatic heterocycles. The first kappa shape index (κ1) is 12.0. The van der Waals surface area contributed by atoms with Gasteiger partial charge < -0.3 is 10.8 Å². The number of aliphatic hydroxyl groups is 1. The minimum Gasteiger partial charge on any atom is -0.387 e. The number of nitrogens with two attached hydrogens (primary N) is 1. The van der Waals surface area contributed by atoms with Crippen molar-refractivity contribution in [3.63, 3.8) is 0 Å². The van der Waals surface area contributed by atoms with Crippen LogP contribution in [0.3, 0.4) is 0 Å². The van der Waals surface area contributed by atoms with E-state index in [2.05, 4.69) is 4.72 Å². The van der Waals surface area contributed by atoms with E-state index in [-0.39, 0.29) is 6.54 Å². The van der Waals surface area contributed by atoms with Crippen molar-refractivity contribution in [2.75, 3.05) is 17.5 Å². The lowest BCUT2D eigenvalue weighted by molar-refractivity contribution is 0.187. The summed E-state index contributed by atoms with van der Waals surface area (Å²) in [7, 11) is -3.29. The molecule has 0 aliphatic rings. The van der Waals surface area contributed by atoms with Crippen molar-refractivity contribution in [1.29, 1.82) is 0 Å². The lowest BCUT2D eigenvalue weighted by Gasteiger charge is -2.10. The highest BCUT2D eigenvalue weighted by Gasteiger charge is 2.07. The molecule has 0 spiro atoms. The smallest absolute Gasteiger partial charge is 0.229 e. The van der Waals surface area contributed by atoms with Crippen LogP contribution < -0.4 is 10.5 Å². The molecule has 6 heteroatoms. The third-order valence-corrected chi connectivity index (χ3v) is 2.40. The molecule has 15 heavy (non-hydrogen) atoms. The van der Waals surface area contributed by atoms with E-state index in [1.54, 1.807) is 24.3 Å². The second kappa shape index (κ2) is 4.61. The summed E-state index contributed by atoms with van der Waals surface area (Å²) >= 11 is 0. The highest BCUT2D eigenvalue weighted by Crippen LogP contribution is 2.17. The molecule has 1 unspecified atom stereocenters. The molecule has 84 valence electrons. The largest absolute Gasteiger partial charge is 0.387 e. The summed E-state index contributed by atoms with van der Waals surface area (Å²) < 4.78 is 24.2. The molecule has 4 N–H and O–H groups in total. The van der Waals surface area contributed by atoms with Gasteiger partial charge in [-0.25, -0.2) is 8.42 Å². The highest BCUT2D eigenvalue weighted by molar-refractivity contribution is 7.92. The molecule has 0 radical (unpaired) electrons. The molecule has 0 saturated carbocycles. The summed E-state index contributed by atoms with van der Waals surface area (Å²) in [5.74, 6) is 0. The third kappa shape index (κ3) is 3.86. The van der Waals surface area contributed by atoms with Crippen LogP contribution in [0.25, 0.3) is 0 Å². The fourth-order valence-electron chi connectivity index (χ4n) is 1.16. The molecule has 5 nitrogen and oxygen atoms in total. The first-order valence-corrected chi connectivity index (χ1v) is 6.27. The van der Waals surface area contributed by atoms with Gasteiger partial charge in [-0.15, -0.1) is 0 Å². The van der Waals surface area contributed by atoms with Crippen LogP contribution in [0.15, 0.2) is 24.3 Å². The Balaban J connectivity index is 2.93. The molecule has 0 saturated heterocycles. The van der Waals surface area contributed by atoms with Crippen LogP contribution in [0.2, 0.25) is 0 Å². The second-order valence-electron chi connectivity index (χ2n) is 3.25. The van der Waals surface area contributed by atoms with Gasteiger partial charge in [-0.3, -0.25) is 4.72 Å². The van der Waals surface area contributed by atoms with Gasteiger partial charge in [0.2, 0.25) is 10.0 Å². The summed E-state index contributed by atoms with van der Waals surface area (Å²) in [5.41, 5.74) is 6.30. The zero-order valence-corrected chi connectivity index (χ0v) is 9.16. The molecule has 1 rings (SSSR count). The lowest BCUT2D eigenvalue weighted by atomic mass is 10.1. The lowest BCUT2D eigenvalue weighted by Crippen LogP contribution is -2.13. The predicted molar refractivity (Wildman–Crippen MR) is 58.9 cm³/mol. The van der Waals surface area contributed by atoms with Gasteiger partial charge in [0.05, 0.1) is 12.4 Å². The van der Waals surface area contributed by atoms with Crippen molar-refractivity contribution in [3.05, 3.63) is 29.8 Å². The summed E-state index contributed by atoms with van der Waals surface area (Å²) in [6, 6.07) is 6.50. The molecular formula is C9H14N2O3S. The van der Waals surface area contributed by atoms with Gasteiger partial charge in [0.1, 0.15) is 0 Å². The number of anilines is 1. The van der Waals surface area contributed by atoms with E-state index in [1.165, 1.54) is 0 Å². The van der Waals surface area contributed by atoms with Crippen LogP contribution in [0, 0.1) is 0 Å². The number of rotatable bonds is 4. The Hall–Kier alpha value is -1.11. The molecule has 1 aromatic carbocycles. The topological polar surface area (TPSA) is 92.4 Å². The van der Waals surface area contributed by atoms with E-state index in [9.17, 15) is 13.5 Å². The molecule has 1 atom stereocenters. The maximum absolute atomic E-state index is 11.0. The molecule has 0 aliphatic heterocycles. The van der Waals surface area contributed by atoms with Crippen molar-refractivity contribution in [2.24, 2.45) is 5.73 Å². The van der Waals surface area contributed by atoms with Gasteiger partial charge in [-0.2, -0.15) is 0 Å². The summed E-state index contributed by atoms with van der Waals surface area (Å²) in [6.45, 7) is 0.0995. The first-order chi connectivity index (χ1) is 6.92. The van der Waals surface area contributed by atoms with Gasteiger partial charge in [0.25, 0.3) is 0 Å². The number of aliphatic hydroxyl groups excluding tert-OH is 1. The normalized spacial score (nSPS) is 13.5. The van der Waals surface area contributed by atoms with Crippen LogP contribution in [-0.4, -0.2) is 26.3 Å². The first-order valence-electron chi connectivity index (χ1n) is 4.38. The molecule has 0 bridgehead atoms. The Morgan fingerprint density at radius 1 is 1.53 bits per heavy atom. The van der Waals surface area contributed by atoms with Crippen LogP contribution in [0.1, 0.15) is 11.7 Å². The zero-order chi connectivity index (χ0) is 11.5. The molecule has 0 heterocycles. The predicted octanol–water partition coefficient (Wildman–Crippen LogP) is 0.0502. The Kier molecular flexibility index (Phi) is 3.67. The zero-order valence-electron chi connectivity index (χ0n) is 8.34. The van der Waals surface area contributed by atoms with Gasteiger partial charge >= 0.3 is 0 Å². The minimum atomic E-state index is -3.29. The average molecular weight is 230 g/mol. The Bertz CT molecular complexity index is 431. The maximum atomic E-state index is 11.0. The Morgan fingerprint density at radius 2 is 2.20 bits per heavy atom. The minimum absolute atomic E-state index is 0.0995. The number of sulfonamides is 1. The monoisotopic (exact) mass is 230 g/mol. The van der Waals surface area contributed by atoms with Gasteiger partial charge in [0, 0.05) is 12.2 Å². The average Bonchev–Trinajstić information content (AvgIpc) is 2.14. The Labute approximate surface area is 89.0 Å². The number of hydrogen-bond acceptors (Lipinski definition) is 4. The molecule has 0 aliphatic carbocycles. The summed E-state index contributed by atoms with van der Waals surface area (Å²) in [4.78, 5) is 0. The van der Waals surface area contributed by atoms with E-state index in [4.69, 9.17) is 5.73 Å². The van der Waals surface area contributed by atoms with Crippen LogP contribution in [0.5, 0.6) is 0 Å². The number of benzene rings is 1. The van der Waals surface area contributed by atoms with Crippen molar-refractivity contribution in [2.45, 2.75) is 6.10 Å². The van der Waals surface area contributed by atoms with E-state index in [0.29, 0.717) is 11.3 Å². The van der Waals surface area contributed by atoms with E-state index in [1.807, 2.05) is 0 Å². The van der Waals surface area contributed by atoms with Gasteiger partial charge in [-0.1, -0.05) is 12.1 Å². The van der Waals surface area contributed by atoms with Crippen molar-refractivity contribution in [3.8, 4) is 0 Å². The standard InChI is InChI=1S/C9H14N2O3S/c1-15(13,14)11-8-4-2-3-7(5-8)9(12)6-10/h2-5,9,11-12H,6,10H2,1H3. The number of nitrogens with one attached hydrogen (secondary N) is 1. The molecule has 0 amide bonds. The van der Waals surface area contributed by atoms with Crippen LogP contribution in [0.4, 0.5) is 5.69 Å². The SMILES string of the molecule is CS(=O)(=O)Nc1cccc(C(O)CN)c1. The third-order valence-electron chi connectivity index (χ3n) is 1.80. The van der Waals surface area contributed by atoms with Crippen molar-refractivity contribution < 1.29 is 13.5 Å². The second-order valence-corrected chi connectivity index (χ2v) is 5.00. The van der Waals surface area contributed by atoms with Crippen molar-refractivity contribution in [1.82, 2.24) is 0 Å². The summed E-state index contributed by atoms with van der Waals surface area (Å²) in [6.07, 6.45) is 0.297. The molecule has 0 fully saturated rings. The van der Waals surface area contributed by atoms with E-state index in [0.717, 1.165) is 6.26 Å². The van der Waals surface area contributed by atoms with Crippen LogP contribution >= 0.6 is 0 Å². The van der Waals surface area contributed by atoms with Crippen LogP contribution in [-0.2, 0) is 10.0 Å². The van der Waals surface area contributed by atoms with E-state index < -0.39 is 16.1 Å². The van der Waals surface area contributed by atoms with Crippen molar-refractivity contribution >= 4 is 15.7 Å². The summed E-state index contributed by atoms with van der Waals surface area (Å²) in [5, 5.41) is 9.45. The quantitative estimate of drug-likeness (QED) is 0.681. The molecular weight excluding hydrogens is 216 g/mol. The highest BCUT2D eigenvalue weighted by atomic mass is 32.2. The fourth-order valence-corrected chi connectivity index (χ4v) is 1.71. The van der Waals surface area contributed by atoms with E-state index >= 15 is 0 Å². The van der Waals surface area contributed by atoms with Gasteiger partial charge in [-0.05, 0) is 17.7 Å². The van der Waals surface area contributed by atoms with Gasteiger partial charge in [0.15, 0.2) is 0 Å². The number of hydrogen-bond donors (Lipinski definition) is 3.